The van der Waals surface area contributed by atoms with Crippen LogP contribution in [0.3, 0.4) is 0 Å². The van der Waals surface area contributed by atoms with Crippen molar-refractivity contribution >= 4 is 0 Å². The average molecular weight is 530 g/mol. The predicted molar refractivity (Wildman–Crippen MR) is 163 cm³/mol. The van der Waals surface area contributed by atoms with Crippen LogP contribution in [0.4, 0.5) is 0 Å². The van der Waals surface area contributed by atoms with Crippen molar-refractivity contribution in [3.8, 4) is 0 Å². The van der Waals surface area contributed by atoms with E-state index in [4.69, 9.17) is 4.74 Å². The minimum Gasteiger partial charge on any atom is -0.390 e. The highest BCUT2D eigenvalue weighted by Gasteiger charge is 2.49. The van der Waals surface area contributed by atoms with Crippen LogP contribution < -0.4 is 0 Å². The highest BCUT2D eigenvalue weighted by molar-refractivity contribution is 5.44. The van der Waals surface area contributed by atoms with Crippen molar-refractivity contribution in [1.29, 1.82) is 0 Å². The summed E-state index contributed by atoms with van der Waals surface area (Å²) in [6, 6.07) is 0. The van der Waals surface area contributed by atoms with Crippen LogP contribution in [-0.2, 0) is 4.74 Å². The zero-order chi connectivity index (χ0) is 28.2. The molecule has 3 nitrogen and oxygen atoms in total. The van der Waals surface area contributed by atoms with E-state index in [1.54, 1.807) is 0 Å². The summed E-state index contributed by atoms with van der Waals surface area (Å²) < 4.78 is 7.18. The fourth-order valence-electron chi connectivity index (χ4n) is 6.54. The van der Waals surface area contributed by atoms with Gasteiger partial charge in [0, 0.05) is 0 Å². The molecule has 4 atom stereocenters. The summed E-state index contributed by atoms with van der Waals surface area (Å²) in [5, 5.41) is 21.3. The molecule has 1 heterocycles. The first-order chi connectivity index (χ1) is 18.0. The standard InChI is InChI=1S/C35H61O3/c1-8-10-12-13-14-16-25-35-30(5)29(4)32(36)27-31(35)21-26-34(7,38-35)24-18-20-28(3)19-17-23-33(6,37)22-15-11-9-2/h9,20,27,32,36-37H,8,10-19,21-26H2,1-7H3/q-1/b28-20+. The lowest BCUT2D eigenvalue weighted by Crippen LogP contribution is -2.51. The maximum Gasteiger partial charge on any atom is 0.111 e. The molecule has 0 spiro atoms. The van der Waals surface area contributed by atoms with E-state index in [1.807, 2.05) is 6.92 Å². The van der Waals surface area contributed by atoms with Gasteiger partial charge in [-0.05, 0) is 122 Å². The Hall–Kier alpha value is -0.900. The number of hydrogen-bond donors (Lipinski definition) is 2. The van der Waals surface area contributed by atoms with Gasteiger partial charge in [-0.15, -0.1) is 0 Å². The first kappa shape index (κ1) is 33.3. The lowest BCUT2D eigenvalue weighted by atomic mass is 9.69. The Morgan fingerprint density at radius 3 is 2.50 bits per heavy atom. The van der Waals surface area contributed by atoms with Crippen molar-refractivity contribution in [2.45, 2.75) is 181 Å². The Bertz CT molecular complexity index is 804. The molecule has 1 aliphatic heterocycles. The Kier molecular flexibility index (Phi) is 13.8. The van der Waals surface area contributed by atoms with Gasteiger partial charge in [-0.25, -0.2) is 0 Å². The molecular formula is C35H61O3-. The van der Waals surface area contributed by atoms with E-state index < -0.39 is 11.7 Å². The van der Waals surface area contributed by atoms with Gasteiger partial charge in [0.2, 0.25) is 0 Å². The third-order valence-electron chi connectivity index (χ3n) is 9.41. The van der Waals surface area contributed by atoms with Gasteiger partial charge in [-0.3, -0.25) is 0 Å². The molecular weight excluding hydrogens is 468 g/mol. The molecule has 3 heteroatoms. The van der Waals surface area contributed by atoms with E-state index in [9.17, 15) is 10.2 Å². The smallest absolute Gasteiger partial charge is 0.111 e. The first-order valence-electron chi connectivity index (χ1n) is 15.9. The molecule has 38 heavy (non-hydrogen) atoms. The molecule has 1 fully saturated rings. The van der Waals surface area contributed by atoms with Crippen LogP contribution in [-0.4, -0.2) is 33.1 Å². The SMILES string of the molecule is C[CH-]CCCC(C)(O)CCC/C(C)=C/CCC1(C)CCC2=CC(O)C(C)=C(C)C2(CCCCCCCC)O1. The van der Waals surface area contributed by atoms with Gasteiger partial charge in [0.15, 0.2) is 0 Å². The second-order valence-electron chi connectivity index (χ2n) is 13.1. The highest BCUT2D eigenvalue weighted by Crippen LogP contribution is 2.51. The van der Waals surface area contributed by atoms with Crippen LogP contribution in [0.15, 0.2) is 34.4 Å². The van der Waals surface area contributed by atoms with E-state index in [0.717, 1.165) is 76.2 Å². The molecule has 0 saturated carbocycles. The Morgan fingerprint density at radius 2 is 1.79 bits per heavy atom. The first-order valence-corrected chi connectivity index (χ1v) is 15.9. The zero-order valence-corrected chi connectivity index (χ0v) is 26.1. The Labute approximate surface area is 236 Å². The molecule has 1 saturated heterocycles. The molecule has 1 aliphatic carbocycles. The summed E-state index contributed by atoms with van der Waals surface area (Å²) in [6.45, 7) is 15.2. The summed E-state index contributed by atoms with van der Waals surface area (Å²) >= 11 is 0. The third kappa shape index (κ3) is 9.93. The lowest BCUT2D eigenvalue weighted by molar-refractivity contribution is -0.145. The second kappa shape index (κ2) is 15.8. The molecule has 2 aliphatic rings. The number of fused-ring (bicyclic) bond motifs is 1. The molecule has 4 unspecified atom stereocenters. The molecule has 2 rings (SSSR count). The normalized spacial score (nSPS) is 27.8. The fourth-order valence-corrected chi connectivity index (χ4v) is 6.54. The molecule has 0 amide bonds. The summed E-state index contributed by atoms with van der Waals surface area (Å²) in [6.07, 6.45) is 25.0. The van der Waals surface area contributed by atoms with Gasteiger partial charge in [-0.1, -0.05) is 57.1 Å². The molecule has 0 aromatic carbocycles. The minimum absolute atomic E-state index is 0.153. The quantitative estimate of drug-likeness (QED) is 0.105. The van der Waals surface area contributed by atoms with Crippen LogP contribution in [0.1, 0.15) is 158 Å². The third-order valence-corrected chi connectivity index (χ3v) is 9.41. The molecule has 220 valence electrons. The summed E-state index contributed by atoms with van der Waals surface area (Å²) in [5.74, 6) is 0. The number of rotatable bonds is 18. The van der Waals surface area contributed by atoms with Gasteiger partial charge < -0.3 is 21.4 Å². The molecule has 0 bridgehead atoms. The van der Waals surface area contributed by atoms with Crippen LogP contribution in [0.5, 0.6) is 0 Å². The van der Waals surface area contributed by atoms with Crippen molar-refractivity contribution in [1.82, 2.24) is 0 Å². The molecule has 0 aromatic heterocycles. The predicted octanol–water partition coefficient (Wildman–Crippen LogP) is 9.72. The molecule has 0 radical (unpaired) electrons. The largest absolute Gasteiger partial charge is 0.390 e. The molecule has 0 aromatic rings. The van der Waals surface area contributed by atoms with E-state index in [0.29, 0.717) is 0 Å². The fraction of sp³-hybridized carbons (Fsp3) is 0.800. The van der Waals surface area contributed by atoms with Crippen molar-refractivity contribution in [2.75, 3.05) is 0 Å². The Morgan fingerprint density at radius 1 is 1.11 bits per heavy atom. The second-order valence-corrected chi connectivity index (χ2v) is 13.1. The maximum atomic E-state index is 10.7. The highest BCUT2D eigenvalue weighted by atomic mass is 16.5. The Balaban J connectivity index is 1.96. The van der Waals surface area contributed by atoms with Crippen molar-refractivity contribution in [3.63, 3.8) is 0 Å². The van der Waals surface area contributed by atoms with Crippen LogP contribution in [0, 0.1) is 6.42 Å². The summed E-state index contributed by atoms with van der Waals surface area (Å²) in [5.41, 5.74) is 4.04. The van der Waals surface area contributed by atoms with E-state index >= 15 is 0 Å². The van der Waals surface area contributed by atoms with Gasteiger partial charge in [-0.2, -0.15) is 13.3 Å². The van der Waals surface area contributed by atoms with E-state index in [2.05, 4.69) is 60.1 Å². The van der Waals surface area contributed by atoms with Gasteiger partial charge in [0.25, 0.3) is 0 Å². The van der Waals surface area contributed by atoms with E-state index in [1.165, 1.54) is 55.2 Å². The van der Waals surface area contributed by atoms with Crippen molar-refractivity contribution in [2.24, 2.45) is 0 Å². The summed E-state index contributed by atoms with van der Waals surface area (Å²) in [4.78, 5) is 0. The van der Waals surface area contributed by atoms with Gasteiger partial charge >= 0.3 is 0 Å². The number of unbranched alkanes of at least 4 members (excludes halogenated alkanes) is 7. The lowest BCUT2D eigenvalue weighted by Gasteiger charge is -2.52. The van der Waals surface area contributed by atoms with Crippen molar-refractivity contribution in [3.05, 3.63) is 40.9 Å². The van der Waals surface area contributed by atoms with Crippen molar-refractivity contribution < 1.29 is 14.9 Å². The topological polar surface area (TPSA) is 49.7 Å². The average Bonchev–Trinajstić information content (AvgIpc) is 2.86. The number of hydrogen-bond acceptors (Lipinski definition) is 3. The van der Waals surface area contributed by atoms with Crippen LogP contribution >= 0.6 is 0 Å². The zero-order valence-electron chi connectivity index (χ0n) is 26.1. The van der Waals surface area contributed by atoms with Gasteiger partial charge in [0.1, 0.15) is 5.60 Å². The van der Waals surface area contributed by atoms with Gasteiger partial charge in [0.05, 0.1) is 17.3 Å². The monoisotopic (exact) mass is 529 g/mol. The summed E-state index contributed by atoms with van der Waals surface area (Å²) in [7, 11) is 0. The molecule has 2 N–H and O–H groups in total. The number of ether oxygens (including phenoxy) is 1. The van der Waals surface area contributed by atoms with Crippen LogP contribution in [0.2, 0.25) is 0 Å². The number of aliphatic hydroxyl groups is 2. The van der Waals surface area contributed by atoms with Crippen LogP contribution in [0.25, 0.3) is 0 Å². The number of allylic oxidation sites excluding steroid dienone is 2. The minimum atomic E-state index is -0.542. The number of aliphatic hydroxyl groups excluding tert-OH is 1. The van der Waals surface area contributed by atoms with E-state index in [-0.39, 0.29) is 11.2 Å². The maximum absolute atomic E-state index is 10.7.